The Bertz CT molecular complexity index is 417. The van der Waals surface area contributed by atoms with E-state index < -0.39 is 6.10 Å². The van der Waals surface area contributed by atoms with Crippen molar-refractivity contribution in [2.24, 2.45) is 0 Å². The summed E-state index contributed by atoms with van der Waals surface area (Å²) in [4.78, 5) is 0. The highest BCUT2D eigenvalue weighted by Crippen LogP contribution is 2.25. The van der Waals surface area contributed by atoms with Crippen molar-refractivity contribution < 1.29 is 9.52 Å². The van der Waals surface area contributed by atoms with Crippen molar-refractivity contribution in [2.75, 3.05) is 0 Å². The molecule has 0 spiro atoms. The summed E-state index contributed by atoms with van der Waals surface area (Å²) in [6.45, 7) is 4.75. The number of hydrogen-bond acceptors (Lipinski definition) is 3. The van der Waals surface area contributed by atoms with Gasteiger partial charge in [0.25, 0.3) is 0 Å². The van der Waals surface area contributed by atoms with Crippen molar-refractivity contribution in [2.45, 2.75) is 32.9 Å². The molecular weight excluding hydrogens is 204 g/mol. The molecule has 0 fully saturated rings. The lowest BCUT2D eigenvalue weighted by molar-refractivity contribution is 0.205. The van der Waals surface area contributed by atoms with E-state index in [-0.39, 0.29) is 0 Å². The maximum Gasteiger partial charge on any atom is 0.124 e. The molecule has 2 aromatic heterocycles. The van der Waals surface area contributed by atoms with E-state index in [1.165, 1.54) is 0 Å². The van der Waals surface area contributed by atoms with Crippen LogP contribution in [-0.2, 0) is 13.0 Å². The molecule has 0 bridgehead atoms. The minimum Gasteiger partial charge on any atom is -0.469 e. The highest BCUT2D eigenvalue weighted by molar-refractivity contribution is 5.27. The average Bonchev–Trinajstić information content (AvgIpc) is 2.96. The molecule has 0 saturated carbocycles. The SMILES string of the molecule is CCc1occc1C(O)c1ccnn1CC. The molecule has 2 heterocycles. The number of aryl methyl sites for hydroxylation is 2. The van der Waals surface area contributed by atoms with Gasteiger partial charge in [-0.1, -0.05) is 6.92 Å². The Labute approximate surface area is 94.5 Å². The molecule has 0 amide bonds. The first-order chi connectivity index (χ1) is 7.77. The molecule has 86 valence electrons. The van der Waals surface area contributed by atoms with E-state index in [1.54, 1.807) is 17.1 Å². The zero-order valence-corrected chi connectivity index (χ0v) is 9.55. The summed E-state index contributed by atoms with van der Waals surface area (Å²) in [5.74, 6) is 0.830. The monoisotopic (exact) mass is 220 g/mol. The topological polar surface area (TPSA) is 51.2 Å². The molecule has 0 aliphatic carbocycles. The molecule has 1 unspecified atom stereocenters. The van der Waals surface area contributed by atoms with E-state index in [0.717, 1.165) is 30.0 Å². The number of aliphatic hydroxyl groups is 1. The fraction of sp³-hybridized carbons (Fsp3) is 0.417. The molecule has 16 heavy (non-hydrogen) atoms. The molecule has 1 atom stereocenters. The van der Waals surface area contributed by atoms with Gasteiger partial charge >= 0.3 is 0 Å². The lowest BCUT2D eigenvalue weighted by Gasteiger charge is -2.12. The number of aromatic nitrogens is 2. The van der Waals surface area contributed by atoms with Gasteiger partial charge in [-0.2, -0.15) is 5.10 Å². The van der Waals surface area contributed by atoms with E-state index in [4.69, 9.17) is 4.42 Å². The quantitative estimate of drug-likeness (QED) is 0.858. The van der Waals surface area contributed by atoms with Crippen molar-refractivity contribution in [1.82, 2.24) is 9.78 Å². The van der Waals surface area contributed by atoms with Gasteiger partial charge in [-0.05, 0) is 19.1 Å². The van der Waals surface area contributed by atoms with Gasteiger partial charge in [0.15, 0.2) is 0 Å². The predicted octanol–water partition coefficient (Wildman–Crippen LogP) is 2.14. The van der Waals surface area contributed by atoms with Gasteiger partial charge in [0.2, 0.25) is 0 Å². The van der Waals surface area contributed by atoms with Crippen LogP contribution in [0.5, 0.6) is 0 Å². The molecule has 0 aliphatic rings. The molecule has 2 rings (SSSR count). The fourth-order valence-electron chi connectivity index (χ4n) is 1.88. The summed E-state index contributed by atoms with van der Waals surface area (Å²) in [6, 6.07) is 3.65. The van der Waals surface area contributed by atoms with Crippen molar-refractivity contribution in [3.8, 4) is 0 Å². The Morgan fingerprint density at radius 1 is 1.44 bits per heavy atom. The van der Waals surface area contributed by atoms with Gasteiger partial charge in [-0.3, -0.25) is 4.68 Å². The largest absolute Gasteiger partial charge is 0.469 e. The van der Waals surface area contributed by atoms with Gasteiger partial charge in [0.05, 0.1) is 12.0 Å². The minimum absolute atomic E-state index is 0.656. The Kier molecular flexibility index (Phi) is 3.10. The van der Waals surface area contributed by atoms with Crippen LogP contribution in [0, 0.1) is 0 Å². The Hall–Kier alpha value is -1.55. The van der Waals surface area contributed by atoms with E-state index in [9.17, 15) is 5.11 Å². The molecule has 2 aromatic rings. The van der Waals surface area contributed by atoms with E-state index in [2.05, 4.69) is 5.10 Å². The molecule has 0 aromatic carbocycles. The molecule has 0 saturated heterocycles. The molecule has 0 aliphatic heterocycles. The van der Waals surface area contributed by atoms with Crippen molar-refractivity contribution in [3.05, 3.63) is 41.6 Å². The van der Waals surface area contributed by atoms with Gasteiger partial charge in [-0.25, -0.2) is 0 Å². The minimum atomic E-state index is -0.656. The van der Waals surface area contributed by atoms with Crippen LogP contribution in [0.15, 0.2) is 29.0 Å². The first kappa shape index (κ1) is 11.0. The molecular formula is C12H16N2O2. The van der Waals surface area contributed by atoms with Crippen molar-refractivity contribution in [3.63, 3.8) is 0 Å². The van der Waals surface area contributed by atoms with Crippen LogP contribution in [0.1, 0.15) is 37.0 Å². The maximum atomic E-state index is 10.3. The molecule has 4 nitrogen and oxygen atoms in total. The second kappa shape index (κ2) is 4.53. The number of furan rings is 1. The Morgan fingerprint density at radius 2 is 2.25 bits per heavy atom. The van der Waals surface area contributed by atoms with Crippen LogP contribution in [-0.4, -0.2) is 14.9 Å². The summed E-state index contributed by atoms with van der Waals surface area (Å²) in [5, 5.41) is 14.4. The van der Waals surface area contributed by atoms with E-state index in [1.807, 2.05) is 26.0 Å². The Balaban J connectivity index is 2.35. The van der Waals surface area contributed by atoms with Gasteiger partial charge < -0.3 is 9.52 Å². The maximum absolute atomic E-state index is 10.3. The fourth-order valence-corrected chi connectivity index (χ4v) is 1.88. The Morgan fingerprint density at radius 3 is 2.94 bits per heavy atom. The third kappa shape index (κ3) is 1.76. The summed E-state index contributed by atoms with van der Waals surface area (Å²) in [6.07, 6.45) is 3.44. The van der Waals surface area contributed by atoms with Crippen LogP contribution in [0.4, 0.5) is 0 Å². The van der Waals surface area contributed by atoms with E-state index in [0.29, 0.717) is 0 Å². The van der Waals surface area contributed by atoms with E-state index >= 15 is 0 Å². The number of rotatable bonds is 4. The van der Waals surface area contributed by atoms with Gasteiger partial charge in [0.1, 0.15) is 11.9 Å². The van der Waals surface area contributed by atoms with Crippen molar-refractivity contribution >= 4 is 0 Å². The summed E-state index contributed by atoms with van der Waals surface area (Å²) < 4.78 is 7.11. The second-order valence-electron chi connectivity index (χ2n) is 3.63. The molecule has 4 heteroatoms. The highest BCUT2D eigenvalue weighted by Gasteiger charge is 2.19. The summed E-state index contributed by atoms with van der Waals surface area (Å²) in [7, 11) is 0. The van der Waals surface area contributed by atoms with Crippen LogP contribution in [0.2, 0.25) is 0 Å². The number of nitrogens with zero attached hydrogens (tertiary/aromatic N) is 2. The average molecular weight is 220 g/mol. The van der Waals surface area contributed by atoms with Crippen LogP contribution in [0.25, 0.3) is 0 Å². The molecule has 1 N–H and O–H groups in total. The number of hydrogen-bond donors (Lipinski definition) is 1. The first-order valence-electron chi connectivity index (χ1n) is 5.54. The van der Waals surface area contributed by atoms with Crippen molar-refractivity contribution in [1.29, 1.82) is 0 Å². The smallest absolute Gasteiger partial charge is 0.124 e. The lowest BCUT2D eigenvalue weighted by atomic mass is 10.1. The zero-order valence-electron chi connectivity index (χ0n) is 9.55. The second-order valence-corrected chi connectivity index (χ2v) is 3.63. The lowest BCUT2D eigenvalue weighted by Crippen LogP contribution is -2.09. The van der Waals surface area contributed by atoms with Crippen LogP contribution in [0.3, 0.4) is 0 Å². The normalized spacial score (nSPS) is 12.9. The third-order valence-corrected chi connectivity index (χ3v) is 2.72. The van der Waals surface area contributed by atoms with Crippen LogP contribution < -0.4 is 0 Å². The summed E-state index contributed by atoms with van der Waals surface area (Å²) >= 11 is 0. The standard InChI is InChI=1S/C12H16N2O2/c1-3-11-9(6-8-16-11)12(15)10-5-7-13-14(10)4-2/h5-8,12,15H,3-4H2,1-2H3. The highest BCUT2D eigenvalue weighted by atomic mass is 16.3. The van der Waals surface area contributed by atoms with Gasteiger partial charge in [-0.15, -0.1) is 0 Å². The summed E-state index contributed by atoms with van der Waals surface area (Å²) in [5.41, 5.74) is 1.64. The van der Waals surface area contributed by atoms with Gasteiger partial charge in [0, 0.05) is 24.7 Å². The molecule has 0 radical (unpaired) electrons. The zero-order chi connectivity index (χ0) is 11.5. The predicted molar refractivity (Wildman–Crippen MR) is 60.0 cm³/mol. The first-order valence-corrected chi connectivity index (χ1v) is 5.54. The van der Waals surface area contributed by atoms with Crippen LogP contribution >= 0.6 is 0 Å². The number of aliphatic hydroxyl groups excluding tert-OH is 1. The third-order valence-electron chi connectivity index (χ3n) is 2.72.